The van der Waals surface area contributed by atoms with Gasteiger partial charge in [0.1, 0.15) is 24.2 Å². The maximum atomic E-state index is 13.1. The Labute approximate surface area is 149 Å². The topological polar surface area (TPSA) is 97.1 Å². The van der Waals surface area contributed by atoms with Gasteiger partial charge in [0.25, 0.3) is 5.91 Å². The summed E-state index contributed by atoms with van der Waals surface area (Å²) >= 11 is 0. The summed E-state index contributed by atoms with van der Waals surface area (Å²) in [6.07, 6.45) is 0. The summed E-state index contributed by atoms with van der Waals surface area (Å²) in [6.45, 7) is 3.62. The number of H-pyrrole nitrogens is 1. The predicted octanol–water partition coefficient (Wildman–Crippen LogP) is 2.65. The lowest BCUT2D eigenvalue weighted by Crippen LogP contribution is -2.30. The number of halogens is 1. The quantitative estimate of drug-likeness (QED) is 0.727. The SMILES string of the molecule is Cc1noc([C@H](C)N(C)C(=O)c2cc(COc3cccc(F)c3)[nH]n2)n1. The van der Waals surface area contributed by atoms with Crippen LogP contribution >= 0.6 is 0 Å². The van der Waals surface area contributed by atoms with Gasteiger partial charge in [-0.25, -0.2) is 4.39 Å². The van der Waals surface area contributed by atoms with Crippen molar-refractivity contribution < 1.29 is 18.4 Å². The summed E-state index contributed by atoms with van der Waals surface area (Å²) in [6, 6.07) is 7.01. The lowest BCUT2D eigenvalue weighted by molar-refractivity contribution is 0.0710. The minimum absolute atomic E-state index is 0.131. The van der Waals surface area contributed by atoms with Gasteiger partial charge in [-0.3, -0.25) is 9.89 Å². The molecule has 2 aromatic heterocycles. The molecular weight excluding hydrogens is 341 g/mol. The van der Waals surface area contributed by atoms with E-state index in [1.807, 2.05) is 0 Å². The zero-order valence-electron chi connectivity index (χ0n) is 14.6. The Morgan fingerprint density at radius 3 is 2.92 bits per heavy atom. The number of aryl methyl sites for hydroxylation is 1. The standard InChI is InChI=1S/C17H18FN5O3/c1-10(16-19-11(2)22-26-16)23(3)17(24)15-8-13(20-21-15)9-25-14-6-4-5-12(18)7-14/h4-8,10H,9H2,1-3H3,(H,20,21)/t10-/m0/s1. The minimum Gasteiger partial charge on any atom is -0.487 e. The van der Waals surface area contributed by atoms with Gasteiger partial charge in [-0.2, -0.15) is 10.1 Å². The minimum atomic E-state index is -0.396. The van der Waals surface area contributed by atoms with Gasteiger partial charge in [-0.1, -0.05) is 11.2 Å². The van der Waals surface area contributed by atoms with E-state index in [9.17, 15) is 9.18 Å². The second-order valence-corrected chi connectivity index (χ2v) is 5.80. The number of nitrogens with zero attached hydrogens (tertiary/aromatic N) is 4. The number of hydrogen-bond donors (Lipinski definition) is 1. The van der Waals surface area contributed by atoms with Crippen LogP contribution in [0, 0.1) is 12.7 Å². The normalized spacial score (nSPS) is 12.0. The summed E-state index contributed by atoms with van der Waals surface area (Å²) < 4.78 is 23.7. The van der Waals surface area contributed by atoms with Gasteiger partial charge >= 0.3 is 0 Å². The van der Waals surface area contributed by atoms with E-state index in [-0.39, 0.29) is 24.0 Å². The molecule has 0 aliphatic rings. The molecule has 1 N–H and O–H groups in total. The molecular formula is C17H18FN5O3. The molecule has 0 fully saturated rings. The monoisotopic (exact) mass is 359 g/mol. The molecule has 0 radical (unpaired) electrons. The molecule has 1 atom stereocenters. The number of nitrogens with one attached hydrogen (secondary N) is 1. The van der Waals surface area contributed by atoms with Crippen molar-refractivity contribution in [2.75, 3.05) is 7.05 Å². The van der Waals surface area contributed by atoms with Gasteiger partial charge < -0.3 is 14.2 Å². The molecule has 0 aliphatic heterocycles. The molecule has 2 heterocycles. The van der Waals surface area contributed by atoms with Gasteiger partial charge in [0, 0.05) is 13.1 Å². The van der Waals surface area contributed by atoms with Crippen LogP contribution in [0.1, 0.15) is 40.9 Å². The van der Waals surface area contributed by atoms with Crippen LogP contribution in [0.2, 0.25) is 0 Å². The fraction of sp³-hybridized carbons (Fsp3) is 0.294. The predicted molar refractivity (Wildman–Crippen MR) is 88.9 cm³/mol. The van der Waals surface area contributed by atoms with Crippen molar-refractivity contribution in [3.05, 3.63) is 59.3 Å². The van der Waals surface area contributed by atoms with E-state index < -0.39 is 6.04 Å². The van der Waals surface area contributed by atoms with Gasteiger partial charge in [0.15, 0.2) is 11.5 Å². The van der Waals surface area contributed by atoms with Gasteiger partial charge in [0.05, 0.1) is 5.69 Å². The third kappa shape index (κ3) is 3.88. The van der Waals surface area contributed by atoms with Crippen molar-refractivity contribution in [1.82, 2.24) is 25.2 Å². The van der Waals surface area contributed by atoms with Crippen molar-refractivity contribution in [3.8, 4) is 5.75 Å². The highest BCUT2D eigenvalue weighted by molar-refractivity contribution is 5.92. The fourth-order valence-corrected chi connectivity index (χ4v) is 2.27. The number of amides is 1. The van der Waals surface area contributed by atoms with Crippen LogP contribution in [0.4, 0.5) is 4.39 Å². The van der Waals surface area contributed by atoms with Crippen molar-refractivity contribution >= 4 is 5.91 Å². The second kappa shape index (κ2) is 7.34. The number of carbonyl (C=O) groups excluding carboxylic acids is 1. The summed E-state index contributed by atoms with van der Waals surface area (Å²) in [5.41, 5.74) is 0.820. The molecule has 0 unspecified atom stereocenters. The number of aromatic nitrogens is 4. The van der Waals surface area contributed by atoms with Crippen molar-refractivity contribution in [2.45, 2.75) is 26.5 Å². The average Bonchev–Trinajstić information content (AvgIpc) is 3.27. The Hall–Kier alpha value is -3.23. The molecule has 0 saturated carbocycles. The maximum Gasteiger partial charge on any atom is 0.274 e. The number of carbonyl (C=O) groups is 1. The van der Waals surface area contributed by atoms with Gasteiger partial charge in [0.2, 0.25) is 5.89 Å². The smallest absolute Gasteiger partial charge is 0.274 e. The number of ether oxygens (including phenoxy) is 1. The van der Waals surface area contributed by atoms with E-state index >= 15 is 0 Å². The lowest BCUT2D eigenvalue weighted by atomic mass is 10.2. The number of aromatic amines is 1. The second-order valence-electron chi connectivity index (χ2n) is 5.80. The molecule has 0 spiro atoms. The molecule has 3 rings (SSSR count). The first-order chi connectivity index (χ1) is 12.4. The van der Waals surface area contributed by atoms with E-state index in [2.05, 4.69) is 20.3 Å². The van der Waals surface area contributed by atoms with Crippen LogP contribution in [0.3, 0.4) is 0 Å². The van der Waals surface area contributed by atoms with E-state index in [1.54, 1.807) is 39.1 Å². The zero-order chi connectivity index (χ0) is 18.7. The first-order valence-corrected chi connectivity index (χ1v) is 7.94. The van der Waals surface area contributed by atoms with E-state index in [0.29, 0.717) is 23.2 Å². The molecule has 9 heteroatoms. The molecule has 0 saturated heterocycles. The van der Waals surface area contributed by atoms with Crippen molar-refractivity contribution in [3.63, 3.8) is 0 Å². The zero-order valence-corrected chi connectivity index (χ0v) is 14.6. The fourth-order valence-electron chi connectivity index (χ4n) is 2.27. The number of rotatable bonds is 6. The summed E-state index contributed by atoms with van der Waals surface area (Å²) in [4.78, 5) is 18.2. The molecule has 8 nitrogen and oxygen atoms in total. The van der Waals surface area contributed by atoms with Crippen LogP contribution in [-0.4, -0.2) is 38.2 Å². The summed E-state index contributed by atoms with van der Waals surface area (Å²) in [5.74, 6) is 0.564. The van der Waals surface area contributed by atoms with Crippen LogP contribution < -0.4 is 4.74 Å². The van der Waals surface area contributed by atoms with Crippen LogP contribution in [-0.2, 0) is 6.61 Å². The van der Waals surface area contributed by atoms with E-state index in [0.717, 1.165) is 0 Å². The van der Waals surface area contributed by atoms with E-state index in [1.165, 1.54) is 17.0 Å². The lowest BCUT2D eigenvalue weighted by Gasteiger charge is -2.20. The summed E-state index contributed by atoms with van der Waals surface area (Å²) in [7, 11) is 1.63. The highest BCUT2D eigenvalue weighted by Gasteiger charge is 2.25. The van der Waals surface area contributed by atoms with Crippen molar-refractivity contribution in [1.29, 1.82) is 0 Å². The highest BCUT2D eigenvalue weighted by Crippen LogP contribution is 2.19. The Balaban J connectivity index is 1.63. The Kier molecular flexibility index (Phi) is 4.97. The molecule has 0 bridgehead atoms. The molecule has 0 aliphatic carbocycles. The highest BCUT2D eigenvalue weighted by atomic mass is 19.1. The Bertz CT molecular complexity index is 907. The molecule has 26 heavy (non-hydrogen) atoms. The molecule has 136 valence electrons. The Morgan fingerprint density at radius 1 is 1.42 bits per heavy atom. The van der Waals surface area contributed by atoms with Crippen LogP contribution in [0.15, 0.2) is 34.9 Å². The van der Waals surface area contributed by atoms with E-state index in [4.69, 9.17) is 9.26 Å². The van der Waals surface area contributed by atoms with Crippen molar-refractivity contribution in [2.24, 2.45) is 0 Å². The summed E-state index contributed by atoms with van der Waals surface area (Å²) in [5, 5.41) is 10.5. The maximum absolute atomic E-state index is 13.1. The van der Waals surface area contributed by atoms with Gasteiger partial charge in [-0.05, 0) is 32.0 Å². The van der Waals surface area contributed by atoms with Gasteiger partial charge in [-0.15, -0.1) is 0 Å². The number of hydrogen-bond acceptors (Lipinski definition) is 6. The first-order valence-electron chi connectivity index (χ1n) is 7.94. The van der Waals surface area contributed by atoms with Crippen LogP contribution in [0.5, 0.6) is 5.75 Å². The number of benzene rings is 1. The largest absolute Gasteiger partial charge is 0.487 e. The average molecular weight is 359 g/mol. The molecule has 3 aromatic rings. The third-order valence-electron chi connectivity index (χ3n) is 3.84. The molecule has 1 aromatic carbocycles. The molecule has 1 amide bonds. The Morgan fingerprint density at radius 2 is 2.23 bits per heavy atom. The first kappa shape index (κ1) is 17.6. The third-order valence-corrected chi connectivity index (χ3v) is 3.84. The van der Waals surface area contributed by atoms with Crippen LogP contribution in [0.25, 0.3) is 0 Å².